The third kappa shape index (κ3) is 5.31. The minimum atomic E-state index is -0.0611. The van der Waals surface area contributed by atoms with Crippen LogP contribution in [0.1, 0.15) is 50.5 Å². The van der Waals surface area contributed by atoms with Gasteiger partial charge in [0, 0.05) is 19.1 Å². The fourth-order valence-corrected chi connectivity index (χ4v) is 3.69. The summed E-state index contributed by atoms with van der Waals surface area (Å²) in [6, 6.07) is 10.2. The van der Waals surface area contributed by atoms with Gasteiger partial charge in [-0.1, -0.05) is 37.3 Å². The van der Waals surface area contributed by atoms with Gasteiger partial charge < -0.3 is 15.5 Å². The van der Waals surface area contributed by atoms with Crippen LogP contribution in [0, 0.1) is 5.92 Å². The van der Waals surface area contributed by atoms with Gasteiger partial charge in [-0.05, 0) is 50.1 Å². The Morgan fingerprint density at radius 3 is 2.42 bits per heavy atom. The third-order valence-electron chi connectivity index (χ3n) is 5.50. The van der Waals surface area contributed by atoms with Crippen molar-refractivity contribution in [2.45, 2.75) is 51.0 Å². The Hall–Kier alpha value is -1.88. The molecule has 1 aromatic rings. The highest BCUT2D eigenvalue weighted by Gasteiger charge is 2.28. The van der Waals surface area contributed by atoms with Crippen LogP contribution in [-0.2, 0) is 9.59 Å². The third-order valence-corrected chi connectivity index (χ3v) is 5.50. The molecule has 0 spiro atoms. The number of carbonyl (C=O) groups excluding carboxylic acids is 2. The number of hydrogen-bond donors (Lipinski definition) is 2. The predicted octanol–water partition coefficient (Wildman–Crippen LogP) is 2.29. The topological polar surface area (TPSA) is 61.4 Å². The molecule has 2 aliphatic rings. The number of benzene rings is 1. The van der Waals surface area contributed by atoms with Crippen molar-refractivity contribution in [3.63, 3.8) is 0 Å². The van der Waals surface area contributed by atoms with Crippen molar-refractivity contribution >= 4 is 11.8 Å². The molecule has 1 aliphatic heterocycles. The van der Waals surface area contributed by atoms with E-state index in [0.29, 0.717) is 6.54 Å². The number of nitrogens with zero attached hydrogens (tertiary/aromatic N) is 1. The van der Waals surface area contributed by atoms with Crippen molar-refractivity contribution in [3.8, 4) is 0 Å². The van der Waals surface area contributed by atoms with Crippen LogP contribution in [0.3, 0.4) is 0 Å². The van der Waals surface area contributed by atoms with E-state index in [9.17, 15) is 9.59 Å². The second kappa shape index (κ2) is 9.17. The lowest BCUT2D eigenvalue weighted by Crippen LogP contribution is -2.49. The van der Waals surface area contributed by atoms with Crippen molar-refractivity contribution in [2.24, 2.45) is 5.92 Å². The van der Waals surface area contributed by atoms with Crippen molar-refractivity contribution in [2.75, 3.05) is 26.2 Å². The van der Waals surface area contributed by atoms with E-state index in [1.54, 1.807) is 0 Å². The van der Waals surface area contributed by atoms with Gasteiger partial charge in [-0.25, -0.2) is 0 Å². The quantitative estimate of drug-likeness (QED) is 0.750. The molecule has 5 nitrogen and oxygen atoms in total. The van der Waals surface area contributed by atoms with E-state index in [4.69, 9.17) is 0 Å². The summed E-state index contributed by atoms with van der Waals surface area (Å²) >= 11 is 0. The first-order valence-corrected chi connectivity index (χ1v) is 10.0. The Balaban J connectivity index is 1.42. The van der Waals surface area contributed by atoms with Crippen LogP contribution in [0.15, 0.2) is 30.3 Å². The molecule has 2 fully saturated rings. The average Bonchev–Trinajstić information content (AvgIpc) is 3.48. The zero-order valence-electron chi connectivity index (χ0n) is 15.7. The maximum absolute atomic E-state index is 12.9. The largest absolute Gasteiger partial charge is 0.352 e. The summed E-state index contributed by atoms with van der Waals surface area (Å²) in [6.07, 6.45) is 5.08. The molecule has 0 radical (unpaired) electrons. The summed E-state index contributed by atoms with van der Waals surface area (Å²) in [4.78, 5) is 26.9. The van der Waals surface area contributed by atoms with Gasteiger partial charge in [0.15, 0.2) is 0 Å². The first kappa shape index (κ1) is 18.9. The molecule has 2 N–H and O–H groups in total. The molecule has 1 saturated heterocycles. The molecule has 1 atom stereocenters. The molecule has 5 heteroatoms. The van der Waals surface area contributed by atoms with Gasteiger partial charge in [0.05, 0.1) is 12.5 Å². The Morgan fingerprint density at radius 1 is 1.12 bits per heavy atom. The summed E-state index contributed by atoms with van der Waals surface area (Å²) in [5.74, 6) is 1.02. The summed E-state index contributed by atoms with van der Waals surface area (Å²) in [5, 5.41) is 6.34. The molecule has 26 heavy (non-hydrogen) atoms. The molecule has 1 heterocycles. The number of likely N-dealkylation sites (tertiary alicyclic amines) is 1. The van der Waals surface area contributed by atoms with Gasteiger partial charge in [0.25, 0.3) is 0 Å². The van der Waals surface area contributed by atoms with Crippen LogP contribution in [0.25, 0.3) is 0 Å². The van der Waals surface area contributed by atoms with Gasteiger partial charge in [-0.3, -0.25) is 9.59 Å². The number of nitrogens with one attached hydrogen (secondary N) is 2. The predicted molar refractivity (Wildman–Crippen MR) is 103 cm³/mol. The van der Waals surface area contributed by atoms with E-state index in [0.717, 1.165) is 50.4 Å². The number of rotatable bonds is 8. The maximum Gasteiger partial charge on any atom is 0.234 e. The first-order valence-electron chi connectivity index (χ1n) is 10.0. The second-order valence-electron chi connectivity index (χ2n) is 7.61. The normalized spacial score (nSPS) is 19.2. The van der Waals surface area contributed by atoms with Crippen molar-refractivity contribution < 1.29 is 9.59 Å². The van der Waals surface area contributed by atoms with Crippen LogP contribution >= 0.6 is 0 Å². The Bertz CT molecular complexity index is 593. The fourth-order valence-electron chi connectivity index (χ4n) is 3.69. The lowest BCUT2D eigenvalue weighted by Gasteiger charge is -2.34. The molecule has 1 unspecified atom stereocenters. The molecule has 3 rings (SSSR count). The molecule has 0 bridgehead atoms. The SMILES string of the molecule is CCC(C(=O)N1CCC(NC(=O)CNCC2CC2)CC1)c1ccccc1. The zero-order valence-corrected chi connectivity index (χ0v) is 15.7. The highest BCUT2D eigenvalue weighted by Crippen LogP contribution is 2.27. The number of hydrogen-bond acceptors (Lipinski definition) is 3. The highest BCUT2D eigenvalue weighted by atomic mass is 16.2. The van der Waals surface area contributed by atoms with Crippen LogP contribution in [0.5, 0.6) is 0 Å². The second-order valence-corrected chi connectivity index (χ2v) is 7.61. The van der Waals surface area contributed by atoms with Crippen LogP contribution < -0.4 is 10.6 Å². The molecular weight excluding hydrogens is 326 g/mol. The van der Waals surface area contributed by atoms with E-state index in [-0.39, 0.29) is 23.8 Å². The van der Waals surface area contributed by atoms with Gasteiger partial charge in [0.1, 0.15) is 0 Å². The number of carbonyl (C=O) groups is 2. The average molecular weight is 357 g/mol. The van der Waals surface area contributed by atoms with E-state index in [1.807, 2.05) is 35.2 Å². The first-order chi connectivity index (χ1) is 12.7. The Kier molecular flexibility index (Phi) is 6.67. The standard InChI is InChI=1S/C21H31N3O2/c1-2-19(17-6-4-3-5-7-17)21(26)24-12-10-18(11-13-24)23-20(25)15-22-14-16-8-9-16/h3-7,16,18-19,22H,2,8-15H2,1H3,(H,23,25). The highest BCUT2D eigenvalue weighted by molar-refractivity contribution is 5.84. The molecule has 1 aromatic carbocycles. The molecule has 2 amide bonds. The van der Waals surface area contributed by atoms with Crippen molar-refractivity contribution in [3.05, 3.63) is 35.9 Å². The van der Waals surface area contributed by atoms with Crippen molar-refractivity contribution in [1.82, 2.24) is 15.5 Å². The summed E-state index contributed by atoms with van der Waals surface area (Å²) in [7, 11) is 0. The van der Waals surface area contributed by atoms with Crippen LogP contribution in [-0.4, -0.2) is 48.9 Å². The lowest BCUT2D eigenvalue weighted by atomic mass is 9.93. The molecule has 1 saturated carbocycles. The molecule has 0 aromatic heterocycles. The lowest BCUT2D eigenvalue weighted by molar-refractivity contribution is -0.134. The Labute approximate surface area is 156 Å². The summed E-state index contributed by atoms with van der Waals surface area (Å²) in [6.45, 7) is 4.88. The summed E-state index contributed by atoms with van der Waals surface area (Å²) in [5.41, 5.74) is 1.09. The van der Waals surface area contributed by atoms with Gasteiger partial charge in [0.2, 0.25) is 11.8 Å². The van der Waals surface area contributed by atoms with E-state index in [2.05, 4.69) is 17.6 Å². The van der Waals surface area contributed by atoms with Gasteiger partial charge in [-0.2, -0.15) is 0 Å². The van der Waals surface area contributed by atoms with Crippen LogP contribution in [0.2, 0.25) is 0 Å². The maximum atomic E-state index is 12.9. The van der Waals surface area contributed by atoms with Crippen molar-refractivity contribution in [1.29, 1.82) is 0 Å². The number of piperidine rings is 1. The molecule has 1 aliphatic carbocycles. The fraction of sp³-hybridized carbons (Fsp3) is 0.619. The van der Waals surface area contributed by atoms with E-state index < -0.39 is 0 Å². The molecular formula is C21H31N3O2. The van der Waals surface area contributed by atoms with E-state index >= 15 is 0 Å². The zero-order chi connectivity index (χ0) is 18.4. The monoisotopic (exact) mass is 357 g/mol. The Morgan fingerprint density at radius 2 is 1.81 bits per heavy atom. The minimum absolute atomic E-state index is 0.0611. The number of amides is 2. The van der Waals surface area contributed by atoms with Crippen LogP contribution in [0.4, 0.5) is 0 Å². The van der Waals surface area contributed by atoms with E-state index in [1.165, 1.54) is 12.8 Å². The van der Waals surface area contributed by atoms with Gasteiger partial charge in [-0.15, -0.1) is 0 Å². The summed E-state index contributed by atoms with van der Waals surface area (Å²) < 4.78 is 0. The smallest absolute Gasteiger partial charge is 0.234 e. The minimum Gasteiger partial charge on any atom is -0.352 e. The molecule has 142 valence electrons. The van der Waals surface area contributed by atoms with Gasteiger partial charge >= 0.3 is 0 Å².